The van der Waals surface area contributed by atoms with E-state index >= 15 is 0 Å². The molecule has 2 aromatic heterocycles. The van der Waals surface area contributed by atoms with Crippen LogP contribution in [0.15, 0.2) is 51.7 Å². The molecule has 0 saturated heterocycles. The van der Waals surface area contributed by atoms with Gasteiger partial charge in [-0.3, -0.25) is 9.78 Å². The quantitative estimate of drug-likeness (QED) is 0.679. The van der Waals surface area contributed by atoms with E-state index in [1.807, 2.05) is 43.3 Å². The molecule has 3 rings (SSSR count). The Kier molecular flexibility index (Phi) is 5.54. The minimum Gasteiger partial charge on any atom is -0.422 e. The predicted octanol–water partition coefficient (Wildman–Crippen LogP) is 3.27. The average molecular weight is 365 g/mol. The molecule has 0 fully saturated rings. The van der Waals surface area contributed by atoms with E-state index < -0.39 is 11.5 Å². The number of nitrogens with one attached hydrogen (secondary N) is 1. The Hall–Kier alpha value is -3.15. The third-order valence-electron chi connectivity index (χ3n) is 4.47. The van der Waals surface area contributed by atoms with Crippen molar-refractivity contribution in [2.45, 2.75) is 27.3 Å². The van der Waals surface area contributed by atoms with Crippen LogP contribution in [0, 0.1) is 6.92 Å². The van der Waals surface area contributed by atoms with Crippen LogP contribution in [0.25, 0.3) is 11.0 Å². The van der Waals surface area contributed by atoms with Crippen LogP contribution in [0.4, 0.5) is 5.69 Å². The lowest BCUT2D eigenvalue weighted by Gasteiger charge is -2.21. The van der Waals surface area contributed by atoms with Gasteiger partial charge in [-0.05, 0) is 51.1 Å². The second kappa shape index (κ2) is 8.03. The fraction of sp³-hybridized carbons (Fsp3) is 0.286. The third-order valence-corrected chi connectivity index (χ3v) is 4.47. The molecule has 0 atom stereocenters. The molecule has 6 heteroatoms. The highest BCUT2D eigenvalue weighted by atomic mass is 16.4. The number of rotatable bonds is 6. The summed E-state index contributed by atoms with van der Waals surface area (Å²) in [6.07, 6.45) is 0. The molecule has 0 radical (unpaired) electrons. The lowest BCUT2D eigenvalue weighted by molar-refractivity contribution is 0.0947. The summed E-state index contributed by atoms with van der Waals surface area (Å²) in [5, 5.41) is 3.44. The molecule has 2 heterocycles. The van der Waals surface area contributed by atoms with Crippen molar-refractivity contribution >= 4 is 22.6 Å². The molecule has 0 aliphatic carbocycles. The number of hydrogen-bond acceptors (Lipinski definition) is 5. The van der Waals surface area contributed by atoms with Gasteiger partial charge in [0, 0.05) is 35.9 Å². The number of carbonyl (C=O) groups is 1. The second-order valence-corrected chi connectivity index (χ2v) is 6.29. The SMILES string of the molecule is CCN(CC)c1ccc2cc(C(=O)NCc3cccc(C)n3)c(=O)oc2c1. The zero-order valence-corrected chi connectivity index (χ0v) is 15.8. The molecular weight excluding hydrogens is 342 g/mol. The fourth-order valence-electron chi connectivity index (χ4n) is 3.01. The van der Waals surface area contributed by atoms with Crippen molar-refractivity contribution in [1.82, 2.24) is 10.3 Å². The Morgan fingerprint density at radius 2 is 1.93 bits per heavy atom. The molecule has 0 saturated carbocycles. The number of anilines is 1. The monoisotopic (exact) mass is 365 g/mol. The van der Waals surface area contributed by atoms with Gasteiger partial charge in [0.05, 0.1) is 12.2 Å². The minimum atomic E-state index is -0.645. The number of carbonyl (C=O) groups excluding carboxylic acids is 1. The summed E-state index contributed by atoms with van der Waals surface area (Å²) in [5.74, 6) is -0.471. The maximum atomic E-state index is 12.4. The first-order valence-electron chi connectivity index (χ1n) is 9.05. The maximum absolute atomic E-state index is 12.4. The molecule has 0 spiro atoms. The first-order valence-corrected chi connectivity index (χ1v) is 9.05. The normalized spacial score (nSPS) is 10.8. The molecule has 0 aliphatic heterocycles. The molecule has 1 amide bonds. The summed E-state index contributed by atoms with van der Waals surface area (Å²) in [6.45, 7) is 7.99. The van der Waals surface area contributed by atoms with Gasteiger partial charge in [-0.2, -0.15) is 0 Å². The number of amides is 1. The van der Waals surface area contributed by atoms with E-state index in [9.17, 15) is 9.59 Å². The number of nitrogens with zero attached hydrogens (tertiary/aromatic N) is 2. The summed E-state index contributed by atoms with van der Waals surface area (Å²) in [6, 6.07) is 12.8. The van der Waals surface area contributed by atoms with E-state index in [0.29, 0.717) is 11.0 Å². The van der Waals surface area contributed by atoms with Crippen molar-refractivity contribution in [2.24, 2.45) is 0 Å². The van der Waals surface area contributed by atoms with E-state index in [1.54, 1.807) is 6.07 Å². The van der Waals surface area contributed by atoms with Gasteiger partial charge >= 0.3 is 5.63 Å². The lowest BCUT2D eigenvalue weighted by atomic mass is 10.1. The van der Waals surface area contributed by atoms with Crippen LogP contribution in [-0.2, 0) is 6.54 Å². The molecule has 1 aromatic carbocycles. The molecule has 0 aliphatic rings. The van der Waals surface area contributed by atoms with Gasteiger partial charge in [-0.15, -0.1) is 0 Å². The van der Waals surface area contributed by atoms with Crippen LogP contribution in [0.2, 0.25) is 0 Å². The molecule has 0 bridgehead atoms. The summed E-state index contributed by atoms with van der Waals surface area (Å²) in [5.41, 5.74) is 2.41. The third kappa shape index (κ3) is 4.16. The zero-order valence-electron chi connectivity index (χ0n) is 15.8. The topological polar surface area (TPSA) is 75.4 Å². The smallest absolute Gasteiger partial charge is 0.349 e. The number of aryl methyl sites for hydroxylation is 1. The van der Waals surface area contributed by atoms with Gasteiger partial charge in [-0.1, -0.05) is 6.07 Å². The second-order valence-electron chi connectivity index (χ2n) is 6.29. The zero-order chi connectivity index (χ0) is 19.4. The van der Waals surface area contributed by atoms with Crippen molar-refractivity contribution in [1.29, 1.82) is 0 Å². The Balaban J connectivity index is 1.84. The molecule has 3 aromatic rings. The first kappa shape index (κ1) is 18.6. The molecule has 140 valence electrons. The molecule has 0 unspecified atom stereocenters. The van der Waals surface area contributed by atoms with Crippen molar-refractivity contribution in [3.63, 3.8) is 0 Å². The van der Waals surface area contributed by atoms with Crippen molar-refractivity contribution in [2.75, 3.05) is 18.0 Å². The Morgan fingerprint density at radius 3 is 2.63 bits per heavy atom. The van der Waals surface area contributed by atoms with Gasteiger partial charge in [0.15, 0.2) is 0 Å². The minimum absolute atomic E-state index is 0.00857. The molecule has 27 heavy (non-hydrogen) atoms. The number of fused-ring (bicyclic) bond motifs is 1. The van der Waals surface area contributed by atoms with Crippen LogP contribution in [0.5, 0.6) is 0 Å². The summed E-state index contributed by atoms with van der Waals surface area (Å²) in [4.78, 5) is 31.2. The molecular formula is C21H23N3O3. The van der Waals surface area contributed by atoms with E-state index in [2.05, 4.69) is 29.0 Å². The highest BCUT2D eigenvalue weighted by molar-refractivity contribution is 5.96. The summed E-state index contributed by atoms with van der Waals surface area (Å²) in [7, 11) is 0. The van der Waals surface area contributed by atoms with Crippen LogP contribution >= 0.6 is 0 Å². The number of aromatic nitrogens is 1. The average Bonchev–Trinajstić information content (AvgIpc) is 2.66. The van der Waals surface area contributed by atoms with E-state index in [-0.39, 0.29) is 12.1 Å². The fourth-order valence-corrected chi connectivity index (χ4v) is 3.01. The van der Waals surface area contributed by atoms with Gasteiger partial charge in [0.2, 0.25) is 0 Å². The Morgan fingerprint density at radius 1 is 1.15 bits per heavy atom. The van der Waals surface area contributed by atoms with Gasteiger partial charge in [-0.25, -0.2) is 4.79 Å². The van der Waals surface area contributed by atoms with Gasteiger partial charge < -0.3 is 14.6 Å². The van der Waals surface area contributed by atoms with Crippen LogP contribution in [0.3, 0.4) is 0 Å². The molecule has 6 nitrogen and oxygen atoms in total. The first-order chi connectivity index (χ1) is 13.0. The van der Waals surface area contributed by atoms with Crippen LogP contribution < -0.4 is 15.8 Å². The van der Waals surface area contributed by atoms with Crippen LogP contribution in [0.1, 0.15) is 35.6 Å². The summed E-state index contributed by atoms with van der Waals surface area (Å²) >= 11 is 0. The lowest BCUT2D eigenvalue weighted by Crippen LogP contribution is -2.28. The van der Waals surface area contributed by atoms with Gasteiger partial charge in [0.1, 0.15) is 11.1 Å². The van der Waals surface area contributed by atoms with E-state index in [0.717, 1.165) is 30.2 Å². The van der Waals surface area contributed by atoms with E-state index in [4.69, 9.17) is 4.42 Å². The number of benzene rings is 1. The number of pyridine rings is 1. The van der Waals surface area contributed by atoms with Crippen molar-refractivity contribution < 1.29 is 9.21 Å². The number of hydrogen-bond donors (Lipinski definition) is 1. The van der Waals surface area contributed by atoms with Gasteiger partial charge in [0.25, 0.3) is 5.91 Å². The highest BCUT2D eigenvalue weighted by Gasteiger charge is 2.14. The van der Waals surface area contributed by atoms with Crippen LogP contribution in [-0.4, -0.2) is 24.0 Å². The standard InChI is InChI=1S/C21H23N3O3/c1-4-24(5-2)17-10-9-15-11-18(21(26)27-19(15)12-17)20(25)22-13-16-8-6-7-14(3)23-16/h6-12H,4-5,13H2,1-3H3,(H,22,25). The molecule has 1 N–H and O–H groups in total. The largest absolute Gasteiger partial charge is 0.422 e. The van der Waals surface area contributed by atoms with Crippen molar-refractivity contribution in [3.8, 4) is 0 Å². The van der Waals surface area contributed by atoms with Crippen molar-refractivity contribution in [3.05, 3.63) is 69.8 Å². The predicted molar refractivity (Wildman–Crippen MR) is 106 cm³/mol. The Bertz CT molecular complexity index is 1020. The Labute approximate surface area is 157 Å². The highest BCUT2D eigenvalue weighted by Crippen LogP contribution is 2.22. The van der Waals surface area contributed by atoms with E-state index in [1.165, 1.54) is 0 Å². The maximum Gasteiger partial charge on any atom is 0.349 e. The summed E-state index contributed by atoms with van der Waals surface area (Å²) < 4.78 is 5.41.